The Hall–Kier alpha value is -3.22. The summed E-state index contributed by atoms with van der Waals surface area (Å²) in [4.78, 5) is 19.0. The van der Waals surface area contributed by atoms with Gasteiger partial charge in [-0.3, -0.25) is 0 Å². The Morgan fingerprint density at radius 3 is 2.71 bits per heavy atom. The molecule has 7 heteroatoms. The monoisotopic (exact) mass is 380 g/mol. The number of benzene rings is 2. The summed E-state index contributed by atoms with van der Waals surface area (Å²) in [6.45, 7) is 1.10. The van der Waals surface area contributed by atoms with Crippen molar-refractivity contribution in [1.82, 2.24) is 20.4 Å². The van der Waals surface area contributed by atoms with Crippen molar-refractivity contribution in [2.45, 2.75) is 31.8 Å². The van der Waals surface area contributed by atoms with Crippen molar-refractivity contribution in [3.05, 3.63) is 71.9 Å². The fourth-order valence-electron chi connectivity index (χ4n) is 3.39. The number of halogens is 1. The largest absolute Gasteiger partial charge is 0.337 e. The van der Waals surface area contributed by atoms with E-state index in [1.807, 2.05) is 30.3 Å². The van der Waals surface area contributed by atoms with E-state index in [-0.39, 0.29) is 17.9 Å². The Morgan fingerprint density at radius 2 is 1.93 bits per heavy atom. The standard InChI is InChI=1S/C21H21FN4O2/c22-17-11-9-16(10-12-17)19-24-20(28-25-19)18-8-4-5-13-26(18)21(27)23-14-15-6-2-1-3-7-15/h1-3,6-7,9-12,18H,4-5,8,13-14H2,(H,23,27). The molecule has 2 amide bonds. The molecule has 2 heterocycles. The number of rotatable bonds is 4. The molecule has 2 aromatic carbocycles. The number of carbonyl (C=O) groups is 1. The molecule has 1 atom stereocenters. The van der Waals surface area contributed by atoms with Crippen LogP contribution in [0.5, 0.6) is 0 Å². The molecule has 0 spiro atoms. The minimum absolute atomic E-state index is 0.143. The minimum atomic E-state index is -0.319. The molecule has 1 unspecified atom stereocenters. The van der Waals surface area contributed by atoms with Crippen LogP contribution in [0.3, 0.4) is 0 Å². The highest BCUT2D eigenvalue weighted by molar-refractivity contribution is 5.74. The molecule has 1 aliphatic rings. The first kappa shape index (κ1) is 18.2. The summed E-state index contributed by atoms with van der Waals surface area (Å²) in [7, 11) is 0. The number of aromatic nitrogens is 2. The summed E-state index contributed by atoms with van der Waals surface area (Å²) in [5.74, 6) is 0.486. The third-order valence-electron chi connectivity index (χ3n) is 4.88. The fraction of sp³-hybridized carbons (Fsp3) is 0.286. The first-order valence-electron chi connectivity index (χ1n) is 9.38. The number of carbonyl (C=O) groups excluding carboxylic acids is 1. The van der Waals surface area contributed by atoms with Gasteiger partial charge in [0.1, 0.15) is 11.9 Å². The van der Waals surface area contributed by atoms with Gasteiger partial charge in [0.2, 0.25) is 11.7 Å². The normalized spacial score (nSPS) is 16.8. The number of urea groups is 1. The van der Waals surface area contributed by atoms with Crippen LogP contribution in [0.2, 0.25) is 0 Å². The molecule has 1 aliphatic heterocycles. The van der Waals surface area contributed by atoms with Gasteiger partial charge in [-0.05, 0) is 49.1 Å². The second-order valence-electron chi connectivity index (χ2n) is 6.81. The molecule has 28 heavy (non-hydrogen) atoms. The van der Waals surface area contributed by atoms with Crippen molar-refractivity contribution in [3.8, 4) is 11.4 Å². The van der Waals surface area contributed by atoms with E-state index in [1.165, 1.54) is 12.1 Å². The highest BCUT2D eigenvalue weighted by Gasteiger charge is 2.32. The first-order chi connectivity index (χ1) is 13.7. The molecule has 1 saturated heterocycles. The number of hydrogen-bond acceptors (Lipinski definition) is 4. The van der Waals surface area contributed by atoms with Crippen molar-refractivity contribution in [2.24, 2.45) is 0 Å². The van der Waals surface area contributed by atoms with Gasteiger partial charge in [0.15, 0.2) is 0 Å². The molecular weight excluding hydrogens is 359 g/mol. The van der Waals surface area contributed by atoms with Crippen molar-refractivity contribution in [3.63, 3.8) is 0 Å². The van der Waals surface area contributed by atoms with E-state index >= 15 is 0 Å². The van der Waals surface area contributed by atoms with Crippen LogP contribution in [0.25, 0.3) is 11.4 Å². The number of nitrogens with zero attached hydrogens (tertiary/aromatic N) is 3. The van der Waals surface area contributed by atoms with Gasteiger partial charge in [-0.25, -0.2) is 9.18 Å². The van der Waals surface area contributed by atoms with Crippen LogP contribution in [0.4, 0.5) is 9.18 Å². The van der Waals surface area contributed by atoms with Crippen molar-refractivity contribution >= 4 is 6.03 Å². The summed E-state index contributed by atoms with van der Waals surface area (Å²) >= 11 is 0. The van der Waals surface area contributed by atoms with E-state index in [4.69, 9.17) is 4.52 Å². The fourth-order valence-corrected chi connectivity index (χ4v) is 3.39. The zero-order valence-corrected chi connectivity index (χ0v) is 15.3. The summed E-state index contributed by atoms with van der Waals surface area (Å²) in [5, 5.41) is 6.98. The average Bonchev–Trinajstić information content (AvgIpc) is 3.23. The van der Waals surface area contributed by atoms with Gasteiger partial charge in [0.25, 0.3) is 0 Å². The zero-order chi connectivity index (χ0) is 19.3. The number of piperidine rings is 1. The maximum absolute atomic E-state index is 13.1. The number of hydrogen-bond donors (Lipinski definition) is 1. The summed E-state index contributed by atoms with van der Waals surface area (Å²) in [6.07, 6.45) is 2.69. The molecule has 144 valence electrons. The Morgan fingerprint density at radius 1 is 1.14 bits per heavy atom. The van der Waals surface area contributed by atoms with Crippen LogP contribution in [0, 0.1) is 5.82 Å². The molecular formula is C21H21FN4O2. The molecule has 0 aliphatic carbocycles. The second-order valence-corrected chi connectivity index (χ2v) is 6.81. The molecule has 6 nitrogen and oxygen atoms in total. The molecule has 1 fully saturated rings. The van der Waals surface area contributed by atoms with Crippen LogP contribution in [-0.4, -0.2) is 27.6 Å². The Balaban J connectivity index is 1.47. The maximum atomic E-state index is 13.1. The van der Waals surface area contributed by atoms with Crippen LogP contribution < -0.4 is 5.32 Å². The van der Waals surface area contributed by atoms with Gasteiger partial charge < -0.3 is 14.7 Å². The molecule has 1 aromatic heterocycles. The molecule has 1 N–H and O–H groups in total. The highest BCUT2D eigenvalue weighted by Crippen LogP contribution is 2.31. The Kier molecular flexibility index (Phi) is 5.32. The predicted octanol–water partition coefficient (Wildman–Crippen LogP) is 4.31. The zero-order valence-electron chi connectivity index (χ0n) is 15.3. The molecule has 0 radical (unpaired) electrons. The van der Waals surface area contributed by atoms with Crippen molar-refractivity contribution in [2.75, 3.05) is 6.54 Å². The predicted molar refractivity (Wildman–Crippen MR) is 102 cm³/mol. The number of nitrogens with one attached hydrogen (secondary N) is 1. The van der Waals surface area contributed by atoms with Gasteiger partial charge >= 0.3 is 6.03 Å². The summed E-state index contributed by atoms with van der Waals surface area (Å²) in [5.41, 5.74) is 1.72. The lowest BCUT2D eigenvalue weighted by Gasteiger charge is -2.33. The smallest absolute Gasteiger partial charge is 0.318 e. The second kappa shape index (κ2) is 8.21. The van der Waals surface area contributed by atoms with Crippen LogP contribution >= 0.6 is 0 Å². The SMILES string of the molecule is O=C(NCc1ccccc1)N1CCCCC1c1nc(-c2ccc(F)cc2)no1. The van der Waals surface area contributed by atoms with Gasteiger partial charge in [-0.1, -0.05) is 35.5 Å². The molecule has 0 bridgehead atoms. The summed E-state index contributed by atoms with van der Waals surface area (Å²) in [6, 6.07) is 15.3. The Labute approximate surface area is 162 Å². The summed E-state index contributed by atoms with van der Waals surface area (Å²) < 4.78 is 18.6. The van der Waals surface area contributed by atoms with Crippen molar-refractivity contribution < 1.29 is 13.7 Å². The van der Waals surface area contributed by atoms with E-state index in [2.05, 4.69) is 15.5 Å². The van der Waals surface area contributed by atoms with E-state index in [1.54, 1.807) is 17.0 Å². The van der Waals surface area contributed by atoms with E-state index in [9.17, 15) is 9.18 Å². The Bertz CT molecular complexity index is 927. The highest BCUT2D eigenvalue weighted by atomic mass is 19.1. The first-order valence-corrected chi connectivity index (χ1v) is 9.38. The van der Waals surface area contributed by atoms with E-state index < -0.39 is 0 Å². The number of likely N-dealkylation sites (tertiary alicyclic amines) is 1. The number of amides is 2. The molecule has 4 rings (SSSR count). The van der Waals surface area contributed by atoms with Gasteiger partial charge in [-0.15, -0.1) is 0 Å². The van der Waals surface area contributed by atoms with Gasteiger partial charge in [-0.2, -0.15) is 4.98 Å². The third-order valence-corrected chi connectivity index (χ3v) is 4.88. The average molecular weight is 380 g/mol. The van der Waals surface area contributed by atoms with Crippen LogP contribution in [0.15, 0.2) is 59.1 Å². The van der Waals surface area contributed by atoms with Crippen LogP contribution in [0.1, 0.15) is 36.8 Å². The third kappa shape index (κ3) is 4.03. The van der Waals surface area contributed by atoms with E-state index in [0.29, 0.717) is 30.4 Å². The topological polar surface area (TPSA) is 71.3 Å². The quantitative estimate of drug-likeness (QED) is 0.732. The minimum Gasteiger partial charge on any atom is -0.337 e. The lowest BCUT2D eigenvalue weighted by molar-refractivity contribution is 0.131. The lowest BCUT2D eigenvalue weighted by Crippen LogP contribution is -2.44. The maximum Gasteiger partial charge on any atom is 0.318 e. The lowest BCUT2D eigenvalue weighted by atomic mass is 10.0. The molecule has 3 aromatic rings. The van der Waals surface area contributed by atoms with Gasteiger partial charge in [0.05, 0.1) is 0 Å². The van der Waals surface area contributed by atoms with Crippen molar-refractivity contribution in [1.29, 1.82) is 0 Å². The van der Waals surface area contributed by atoms with Crippen LogP contribution in [-0.2, 0) is 6.54 Å². The molecule has 0 saturated carbocycles. The van der Waals surface area contributed by atoms with E-state index in [0.717, 1.165) is 24.8 Å². The van der Waals surface area contributed by atoms with Gasteiger partial charge in [0, 0.05) is 18.7 Å².